The molecular weight excluding hydrogens is 338 g/mol. The van der Waals surface area contributed by atoms with Gasteiger partial charge < -0.3 is 16.0 Å². The van der Waals surface area contributed by atoms with Gasteiger partial charge in [-0.25, -0.2) is 4.79 Å². The van der Waals surface area contributed by atoms with Crippen molar-refractivity contribution in [3.63, 3.8) is 0 Å². The lowest BCUT2D eigenvalue weighted by Gasteiger charge is -2.22. The van der Waals surface area contributed by atoms with Crippen LogP contribution >= 0.6 is 11.6 Å². The lowest BCUT2D eigenvalue weighted by molar-refractivity contribution is -0.118. The number of hydrogen-bond donors (Lipinski definition) is 3. The third-order valence-electron chi connectivity index (χ3n) is 3.64. The standard InChI is InChI=1S/C19H22ClN3O2/c1-13(2)17(18(24)22-16-10-8-15(20)9-11-16)23-19(25)21-12-14-6-4-3-5-7-14/h3-11,13,17H,12H2,1-2H3,(H,22,24)(H2,21,23,25). The summed E-state index contributed by atoms with van der Waals surface area (Å²) in [4.78, 5) is 24.6. The number of carbonyl (C=O) groups is 2. The van der Waals surface area contributed by atoms with Crippen molar-refractivity contribution in [1.82, 2.24) is 10.6 Å². The first-order valence-corrected chi connectivity index (χ1v) is 8.48. The van der Waals surface area contributed by atoms with Gasteiger partial charge in [0.1, 0.15) is 6.04 Å². The van der Waals surface area contributed by atoms with Gasteiger partial charge in [0.15, 0.2) is 0 Å². The van der Waals surface area contributed by atoms with Crippen molar-refractivity contribution in [3.05, 3.63) is 65.2 Å². The zero-order valence-corrected chi connectivity index (χ0v) is 15.0. The van der Waals surface area contributed by atoms with Crippen LogP contribution in [0.5, 0.6) is 0 Å². The van der Waals surface area contributed by atoms with Gasteiger partial charge in [-0.1, -0.05) is 55.8 Å². The second-order valence-corrected chi connectivity index (χ2v) is 6.47. The number of benzene rings is 2. The Labute approximate surface area is 152 Å². The van der Waals surface area contributed by atoms with Crippen LogP contribution in [0.1, 0.15) is 19.4 Å². The minimum Gasteiger partial charge on any atom is -0.334 e. The van der Waals surface area contributed by atoms with Crippen LogP contribution in [0.2, 0.25) is 5.02 Å². The van der Waals surface area contributed by atoms with E-state index in [4.69, 9.17) is 11.6 Å². The monoisotopic (exact) mass is 359 g/mol. The average Bonchev–Trinajstić information content (AvgIpc) is 2.60. The van der Waals surface area contributed by atoms with Crippen LogP contribution < -0.4 is 16.0 Å². The van der Waals surface area contributed by atoms with Gasteiger partial charge in [0.2, 0.25) is 5.91 Å². The smallest absolute Gasteiger partial charge is 0.315 e. The molecule has 0 aliphatic rings. The van der Waals surface area contributed by atoms with Crippen molar-refractivity contribution >= 4 is 29.2 Å². The summed E-state index contributed by atoms with van der Waals surface area (Å²) in [6, 6.07) is 15.4. The molecule has 3 amide bonds. The van der Waals surface area contributed by atoms with E-state index in [-0.39, 0.29) is 17.9 Å². The van der Waals surface area contributed by atoms with E-state index in [9.17, 15) is 9.59 Å². The van der Waals surface area contributed by atoms with Gasteiger partial charge in [-0.15, -0.1) is 0 Å². The van der Waals surface area contributed by atoms with Crippen LogP contribution in [0.15, 0.2) is 54.6 Å². The second-order valence-electron chi connectivity index (χ2n) is 6.03. The van der Waals surface area contributed by atoms with E-state index in [0.717, 1.165) is 5.56 Å². The summed E-state index contributed by atoms with van der Waals surface area (Å²) in [7, 11) is 0. The zero-order chi connectivity index (χ0) is 18.2. The first kappa shape index (κ1) is 18.8. The van der Waals surface area contributed by atoms with Gasteiger partial charge >= 0.3 is 6.03 Å². The molecule has 0 radical (unpaired) electrons. The summed E-state index contributed by atoms with van der Waals surface area (Å²) < 4.78 is 0. The third-order valence-corrected chi connectivity index (χ3v) is 3.90. The molecule has 3 N–H and O–H groups in total. The molecule has 1 atom stereocenters. The van der Waals surface area contributed by atoms with E-state index in [2.05, 4.69) is 16.0 Å². The molecule has 0 heterocycles. The number of urea groups is 1. The lowest BCUT2D eigenvalue weighted by Crippen LogP contribution is -2.50. The van der Waals surface area contributed by atoms with Crippen LogP contribution in [-0.4, -0.2) is 18.0 Å². The fourth-order valence-corrected chi connectivity index (χ4v) is 2.38. The minimum atomic E-state index is -0.647. The predicted molar refractivity (Wildman–Crippen MR) is 101 cm³/mol. The number of rotatable bonds is 6. The van der Waals surface area contributed by atoms with Crippen molar-refractivity contribution in [3.8, 4) is 0 Å². The van der Waals surface area contributed by atoms with E-state index < -0.39 is 6.04 Å². The van der Waals surface area contributed by atoms with Crippen molar-refractivity contribution in [2.45, 2.75) is 26.4 Å². The molecule has 0 aliphatic heterocycles. The highest BCUT2D eigenvalue weighted by molar-refractivity contribution is 6.30. The van der Waals surface area contributed by atoms with Crippen LogP contribution in [0.25, 0.3) is 0 Å². The number of carbonyl (C=O) groups excluding carboxylic acids is 2. The molecule has 132 valence electrons. The largest absolute Gasteiger partial charge is 0.334 e. The molecule has 1 unspecified atom stereocenters. The Bertz CT molecular complexity index is 702. The number of anilines is 1. The molecule has 0 spiro atoms. The lowest BCUT2D eigenvalue weighted by atomic mass is 10.0. The Hall–Kier alpha value is -2.53. The summed E-state index contributed by atoms with van der Waals surface area (Å²) in [5, 5.41) is 8.88. The topological polar surface area (TPSA) is 70.2 Å². The highest BCUT2D eigenvalue weighted by Crippen LogP contribution is 2.14. The molecule has 2 aromatic carbocycles. The summed E-state index contributed by atoms with van der Waals surface area (Å²) >= 11 is 5.84. The summed E-state index contributed by atoms with van der Waals surface area (Å²) in [5.74, 6) is -0.332. The van der Waals surface area contributed by atoms with Crippen molar-refractivity contribution in [2.24, 2.45) is 5.92 Å². The third kappa shape index (κ3) is 6.12. The van der Waals surface area contributed by atoms with E-state index in [1.54, 1.807) is 24.3 Å². The molecule has 0 saturated carbocycles. The predicted octanol–water partition coefficient (Wildman–Crippen LogP) is 3.80. The summed E-state index contributed by atoms with van der Waals surface area (Å²) in [6.07, 6.45) is 0. The van der Waals surface area contributed by atoms with Crippen molar-refractivity contribution in [2.75, 3.05) is 5.32 Å². The van der Waals surface area contributed by atoms with Gasteiger partial charge in [0.25, 0.3) is 0 Å². The van der Waals surface area contributed by atoms with Gasteiger partial charge in [-0.3, -0.25) is 4.79 Å². The molecule has 0 aromatic heterocycles. The van der Waals surface area contributed by atoms with Crippen LogP contribution in [0.4, 0.5) is 10.5 Å². The number of halogens is 1. The van der Waals surface area contributed by atoms with E-state index >= 15 is 0 Å². The first-order valence-electron chi connectivity index (χ1n) is 8.10. The van der Waals surface area contributed by atoms with Crippen molar-refractivity contribution < 1.29 is 9.59 Å². The summed E-state index contributed by atoms with van der Waals surface area (Å²) in [5.41, 5.74) is 1.62. The first-order chi connectivity index (χ1) is 12.0. The molecule has 0 aliphatic carbocycles. The molecule has 0 saturated heterocycles. The maximum atomic E-state index is 12.5. The van der Waals surface area contributed by atoms with E-state index in [0.29, 0.717) is 17.3 Å². The number of nitrogens with one attached hydrogen (secondary N) is 3. The Morgan fingerprint density at radius 1 is 1.00 bits per heavy atom. The molecule has 2 aromatic rings. The number of hydrogen-bond acceptors (Lipinski definition) is 2. The zero-order valence-electron chi connectivity index (χ0n) is 14.3. The maximum Gasteiger partial charge on any atom is 0.315 e. The normalized spacial score (nSPS) is 11.7. The molecule has 5 nitrogen and oxygen atoms in total. The van der Waals surface area contributed by atoms with Crippen LogP contribution in [0.3, 0.4) is 0 Å². The molecule has 0 bridgehead atoms. The maximum absolute atomic E-state index is 12.5. The minimum absolute atomic E-state index is 0.0604. The van der Waals surface area contributed by atoms with Crippen molar-refractivity contribution in [1.29, 1.82) is 0 Å². The van der Waals surface area contributed by atoms with Gasteiger partial charge in [-0.05, 0) is 35.7 Å². The second kappa shape index (κ2) is 9.08. The molecular formula is C19H22ClN3O2. The van der Waals surface area contributed by atoms with E-state index in [1.807, 2.05) is 44.2 Å². The molecule has 2 rings (SSSR count). The Balaban J connectivity index is 1.91. The molecule has 25 heavy (non-hydrogen) atoms. The fraction of sp³-hybridized carbons (Fsp3) is 0.263. The Kier molecular flexibility index (Phi) is 6.83. The summed E-state index contributed by atoms with van der Waals surface area (Å²) in [6.45, 7) is 4.16. The van der Waals surface area contributed by atoms with E-state index in [1.165, 1.54) is 0 Å². The molecule has 6 heteroatoms. The fourth-order valence-electron chi connectivity index (χ4n) is 2.26. The van der Waals surface area contributed by atoms with Gasteiger partial charge in [0, 0.05) is 17.3 Å². The average molecular weight is 360 g/mol. The van der Waals surface area contributed by atoms with Gasteiger partial charge in [0.05, 0.1) is 0 Å². The van der Waals surface area contributed by atoms with Gasteiger partial charge in [-0.2, -0.15) is 0 Å². The quantitative estimate of drug-likeness (QED) is 0.734. The van der Waals surface area contributed by atoms with Crippen LogP contribution in [0, 0.1) is 5.92 Å². The SMILES string of the molecule is CC(C)C(NC(=O)NCc1ccccc1)C(=O)Nc1ccc(Cl)cc1. The highest BCUT2D eigenvalue weighted by Gasteiger charge is 2.24. The Morgan fingerprint density at radius 3 is 2.24 bits per heavy atom. The number of amides is 3. The molecule has 0 fully saturated rings. The Morgan fingerprint density at radius 2 is 1.64 bits per heavy atom. The van der Waals surface area contributed by atoms with Crippen LogP contribution in [-0.2, 0) is 11.3 Å². The highest BCUT2D eigenvalue weighted by atomic mass is 35.5.